The van der Waals surface area contributed by atoms with Crippen LogP contribution in [0.25, 0.3) is 11.5 Å². The smallest absolute Gasteiger partial charge is 0.327 e. The van der Waals surface area contributed by atoms with Crippen LogP contribution in [-0.2, 0) is 11.3 Å². The Bertz CT molecular complexity index is 1080. The number of amides is 3. The van der Waals surface area contributed by atoms with E-state index >= 15 is 0 Å². The summed E-state index contributed by atoms with van der Waals surface area (Å²) in [5, 5.41) is 0. The van der Waals surface area contributed by atoms with Crippen molar-refractivity contribution in [2.24, 2.45) is 5.92 Å². The Morgan fingerprint density at radius 2 is 1.72 bits per heavy atom. The predicted molar refractivity (Wildman–Crippen MR) is 121 cm³/mol. The number of urea groups is 1. The molecule has 2 aromatic carbocycles. The van der Waals surface area contributed by atoms with E-state index in [0.29, 0.717) is 37.7 Å². The van der Waals surface area contributed by atoms with Crippen molar-refractivity contribution < 1.29 is 14.0 Å². The summed E-state index contributed by atoms with van der Waals surface area (Å²) in [4.78, 5) is 35.4. The molecule has 2 saturated heterocycles. The Balaban J connectivity index is 1.22. The SMILES string of the molecule is O=C1CCN(Cc2cnc(-c3ccccc3)o2)C(=O)N1CC1CCN(c2ccccc2)C1. The molecule has 2 fully saturated rings. The molecule has 0 saturated carbocycles. The maximum atomic E-state index is 13.1. The van der Waals surface area contributed by atoms with Gasteiger partial charge in [0, 0.05) is 43.9 Å². The number of carbonyl (C=O) groups is 2. The number of nitrogens with zero attached hydrogens (tertiary/aromatic N) is 4. The first-order valence-electron chi connectivity index (χ1n) is 11.1. The van der Waals surface area contributed by atoms with Crippen LogP contribution in [0.1, 0.15) is 18.6 Å². The van der Waals surface area contributed by atoms with Crippen molar-refractivity contribution in [1.82, 2.24) is 14.8 Å². The summed E-state index contributed by atoms with van der Waals surface area (Å²) in [6, 6.07) is 19.7. The van der Waals surface area contributed by atoms with Crippen LogP contribution in [0.5, 0.6) is 0 Å². The molecule has 1 atom stereocenters. The molecule has 7 nitrogen and oxygen atoms in total. The topological polar surface area (TPSA) is 69.9 Å². The van der Waals surface area contributed by atoms with Crippen molar-refractivity contribution in [3.05, 3.63) is 72.6 Å². The first kappa shape index (κ1) is 20.3. The molecule has 32 heavy (non-hydrogen) atoms. The van der Waals surface area contributed by atoms with Gasteiger partial charge in [-0.05, 0) is 36.6 Å². The van der Waals surface area contributed by atoms with E-state index in [9.17, 15) is 9.59 Å². The van der Waals surface area contributed by atoms with Crippen molar-refractivity contribution in [2.45, 2.75) is 19.4 Å². The summed E-state index contributed by atoms with van der Waals surface area (Å²) >= 11 is 0. The molecule has 0 radical (unpaired) electrons. The fraction of sp³-hybridized carbons (Fsp3) is 0.320. The lowest BCUT2D eigenvalue weighted by atomic mass is 10.1. The van der Waals surface area contributed by atoms with E-state index in [2.05, 4.69) is 22.0 Å². The maximum absolute atomic E-state index is 13.1. The van der Waals surface area contributed by atoms with Crippen LogP contribution in [0.15, 0.2) is 71.3 Å². The van der Waals surface area contributed by atoms with Gasteiger partial charge in [-0.25, -0.2) is 9.78 Å². The number of rotatable bonds is 6. The van der Waals surface area contributed by atoms with Gasteiger partial charge in [-0.3, -0.25) is 9.69 Å². The van der Waals surface area contributed by atoms with E-state index in [1.165, 1.54) is 10.6 Å². The quantitative estimate of drug-likeness (QED) is 0.591. The molecule has 0 aliphatic carbocycles. The normalized spacial score (nSPS) is 19.1. The van der Waals surface area contributed by atoms with Gasteiger partial charge in [0.05, 0.1) is 12.7 Å². The van der Waals surface area contributed by atoms with Crippen molar-refractivity contribution in [3.8, 4) is 11.5 Å². The van der Waals surface area contributed by atoms with Gasteiger partial charge in [0.1, 0.15) is 5.76 Å². The molecule has 164 valence electrons. The number of oxazole rings is 1. The van der Waals surface area contributed by atoms with Gasteiger partial charge in [0.15, 0.2) is 0 Å². The molecule has 5 rings (SSSR count). The number of carbonyl (C=O) groups excluding carboxylic acids is 2. The number of benzene rings is 2. The lowest BCUT2D eigenvalue weighted by Gasteiger charge is -2.35. The fourth-order valence-corrected chi connectivity index (χ4v) is 4.46. The summed E-state index contributed by atoms with van der Waals surface area (Å²) in [6.45, 7) is 2.96. The second-order valence-corrected chi connectivity index (χ2v) is 8.39. The molecule has 1 aromatic heterocycles. The highest BCUT2D eigenvalue weighted by Crippen LogP contribution is 2.26. The van der Waals surface area contributed by atoms with Crippen LogP contribution in [0.3, 0.4) is 0 Å². The number of anilines is 1. The summed E-state index contributed by atoms with van der Waals surface area (Å²) in [5.74, 6) is 1.33. The predicted octanol–water partition coefficient (Wildman–Crippen LogP) is 4.02. The molecule has 3 amide bonds. The highest BCUT2D eigenvalue weighted by atomic mass is 16.4. The molecular formula is C25H26N4O3. The number of hydrogen-bond acceptors (Lipinski definition) is 5. The Morgan fingerprint density at radius 1 is 0.969 bits per heavy atom. The first-order valence-corrected chi connectivity index (χ1v) is 11.1. The van der Waals surface area contributed by atoms with Gasteiger partial charge >= 0.3 is 6.03 Å². The second kappa shape index (κ2) is 8.86. The summed E-state index contributed by atoms with van der Waals surface area (Å²) in [5.41, 5.74) is 2.08. The maximum Gasteiger partial charge on any atom is 0.327 e. The number of hydrogen-bond donors (Lipinski definition) is 0. The van der Waals surface area contributed by atoms with Crippen molar-refractivity contribution >= 4 is 17.6 Å². The average Bonchev–Trinajstić information content (AvgIpc) is 3.50. The van der Waals surface area contributed by atoms with E-state index in [1.54, 1.807) is 11.1 Å². The molecule has 0 spiro atoms. The van der Waals surface area contributed by atoms with Gasteiger partial charge < -0.3 is 14.2 Å². The Hall–Kier alpha value is -3.61. The van der Waals surface area contributed by atoms with Gasteiger partial charge in [-0.2, -0.15) is 0 Å². The van der Waals surface area contributed by atoms with Crippen LogP contribution < -0.4 is 4.90 Å². The van der Waals surface area contributed by atoms with Crippen molar-refractivity contribution in [2.75, 3.05) is 31.1 Å². The zero-order valence-electron chi connectivity index (χ0n) is 17.9. The molecular weight excluding hydrogens is 404 g/mol. The minimum atomic E-state index is -0.239. The molecule has 2 aliphatic heterocycles. The Morgan fingerprint density at radius 3 is 2.50 bits per heavy atom. The second-order valence-electron chi connectivity index (χ2n) is 8.39. The highest BCUT2D eigenvalue weighted by molar-refractivity contribution is 5.96. The third kappa shape index (κ3) is 4.23. The third-order valence-corrected chi connectivity index (χ3v) is 6.17. The van der Waals surface area contributed by atoms with Crippen molar-refractivity contribution in [1.29, 1.82) is 0 Å². The molecule has 3 heterocycles. The number of imide groups is 1. The van der Waals surface area contributed by atoms with Crippen LogP contribution in [-0.4, -0.2) is 52.9 Å². The first-order chi connectivity index (χ1) is 15.7. The van der Waals surface area contributed by atoms with Gasteiger partial charge in [0.25, 0.3) is 0 Å². The lowest BCUT2D eigenvalue weighted by molar-refractivity contribution is -0.131. The van der Waals surface area contributed by atoms with Gasteiger partial charge in [-0.1, -0.05) is 36.4 Å². The van der Waals surface area contributed by atoms with Crippen LogP contribution in [0.2, 0.25) is 0 Å². The molecule has 0 N–H and O–H groups in total. The van der Waals surface area contributed by atoms with E-state index in [1.807, 2.05) is 48.5 Å². The zero-order valence-corrected chi connectivity index (χ0v) is 17.9. The molecule has 0 bridgehead atoms. The van der Waals surface area contributed by atoms with E-state index in [-0.39, 0.29) is 17.9 Å². The summed E-state index contributed by atoms with van der Waals surface area (Å²) in [6.07, 6.45) is 2.96. The largest absolute Gasteiger partial charge is 0.439 e. The van der Waals surface area contributed by atoms with Crippen LogP contribution in [0, 0.1) is 5.92 Å². The fourth-order valence-electron chi connectivity index (χ4n) is 4.46. The molecule has 3 aromatic rings. The zero-order chi connectivity index (χ0) is 21.9. The van der Waals surface area contributed by atoms with Crippen LogP contribution >= 0.6 is 0 Å². The number of para-hydroxylation sites is 1. The molecule has 2 aliphatic rings. The number of aromatic nitrogens is 1. The Kier molecular flexibility index (Phi) is 5.62. The lowest BCUT2D eigenvalue weighted by Crippen LogP contribution is -2.53. The third-order valence-electron chi connectivity index (χ3n) is 6.17. The monoisotopic (exact) mass is 430 g/mol. The standard InChI is InChI=1S/C25H26N4O3/c30-23-12-14-28(18-22-15-26-24(32-22)20-7-3-1-4-8-20)25(31)29(23)17-19-11-13-27(16-19)21-9-5-2-6-10-21/h1-10,15,19H,11-14,16-18H2. The average molecular weight is 431 g/mol. The Labute approximate surface area is 187 Å². The molecule has 1 unspecified atom stereocenters. The van der Waals surface area contributed by atoms with Crippen LogP contribution in [0.4, 0.5) is 10.5 Å². The summed E-state index contributed by atoms with van der Waals surface area (Å²) < 4.78 is 5.86. The highest BCUT2D eigenvalue weighted by Gasteiger charge is 2.35. The van der Waals surface area contributed by atoms with E-state index in [4.69, 9.17) is 4.42 Å². The van der Waals surface area contributed by atoms with E-state index < -0.39 is 0 Å². The summed E-state index contributed by atoms with van der Waals surface area (Å²) in [7, 11) is 0. The van der Waals surface area contributed by atoms with E-state index in [0.717, 1.165) is 25.1 Å². The van der Waals surface area contributed by atoms with Gasteiger partial charge in [-0.15, -0.1) is 0 Å². The minimum Gasteiger partial charge on any atom is -0.439 e. The molecule has 7 heteroatoms. The van der Waals surface area contributed by atoms with Gasteiger partial charge in [0.2, 0.25) is 11.8 Å². The van der Waals surface area contributed by atoms with Crippen molar-refractivity contribution in [3.63, 3.8) is 0 Å². The minimum absolute atomic E-state index is 0.0908.